The lowest BCUT2D eigenvalue weighted by Gasteiger charge is -2.47. The molecule has 3 amide bonds. The van der Waals surface area contributed by atoms with Crippen molar-refractivity contribution in [2.75, 3.05) is 53.8 Å². The van der Waals surface area contributed by atoms with Crippen LogP contribution in [-0.4, -0.2) is 96.4 Å². The highest BCUT2D eigenvalue weighted by Crippen LogP contribution is 2.38. The molecule has 19 heteroatoms. The molecule has 6 heterocycles. The van der Waals surface area contributed by atoms with Gasteiger partial charge in [0.2, 0.25) is 11.8 Å². The number of imide groups is 1. The Labute approximate surface area is 365 Å². The van der Waals surface area contributed by atoms with Crippen LogP contribution in [0.1, 0.15) is 47.2 Å². The van der Waals surface area contributed by atoms with Gasteiger partial charge < -0.3 is 19.4 Å². The summed E-state index contributed by atoms with van der Waals surface area (Å²) in [7, 11) is -4.24. The third-order valence-electron chi connectivity index (χ3n) is 12.8. The predicted octanol–water partition coefficient (Wildman–Crippen LogP) is 4.61. The molecule has 328 valence electrons. The fraction of sp³-hybridized carbons (Fsp3) is 0.333. The fourth-order valence-electron chi connectivity index (χ4n) is 9.34. The highest BCUT2D eigenvalue weighted by Gasteiger charge is 2.40. The smallest absolute Gasteiger partial charge is 0.301 e. The van der Waals surface area contributed by atoms with Crippen molar-refractivity contribution in [3.63, 3.8) is 0 Å². The number of hydrogen-bond donors (Lipinski definition) is 2. The van der Waals surface area contributed by atoms with Gasteiger partial charge in [-0.05, 0) is 109 Å². The van der Waals surface area contributed by atoms with E-state index in [1.54, 1.807) is 11.0 Å². The summed E-state index contributed by atoms with van der Waals surface area (Å²) >= 11 is 0. The van der Waals surface area contributed by atoms with E-state index in [0.717, 1.165) is 66.0 Å². The van der Waals surface area contributed by atoms with Crippen LogP contribution in [0.25, 0.3) is 16.6 Å². The van der Waals surface area contributed by atoms with Gasteiger partial charge in [0.05, 0.1) is 22.3 Å². The van der Waals surface area contributed by atoms with Gasteiger partial charge >= 0.3 is 10.2 Å². The van der Waals surface area contributed by atoms with E-state index in [9.17, 15) is 37.2 Å². The number of nitriles is 1. The number of carbonyl (C=O) groups excluding carboxylic acids is 3. The second-order valence-corrected chi connectivity index (χ2v) is 18.7. The number of carbonyl (C=O) groups is 3. The maximum absolute atomic E-state index is 15.1. The van der Waals surface area contributed by atoms with E-state index >= 15 is 4.39 Å². The average molecular weight is 890 g/mol. The summed E-state index contributed by atoms with van der Waals surface area (Å²) in [6, 6.07) is 21.0. The molecular formula is C45H41F2N9O7S. The van der Waals surface area contributed by atoms with Crippen LogP contribution >= 0.6 is 0 Å². The predicted molar refractivity (Wildman–Crippen MR) is 231 cm³/mol. The number of anilines is 3. The average Bonchev–Trinajstić information content (AvgIpc) is 3.84. The summed E-state index contributed by atoms with van der Waals surface area (Å²) in [4.78, 5) is 61.6. The molecule has 0 saturated carbocycles. The van der Waals surface area contributed by atoms with Crippen LogP contribution in [-0.2, 0) is 26.3 Å². The molecule has 10 rings (SSSR count). The molecular weight excluding hydrogens is 849 g/mol. The number of fused-ring (bicyclic) bond motifs is 2. The monoisotopic (exact) mass is 889 g/mol. The highest BCUT2D eigenvalue weighted by molar-refractivity contribution is 7.90. The van der Waals surface area contributed by atoms with Gasteiger partial charge in [0.25, 0.3) is 11.5 Å². The first-order valence-corrected chi connectivity index (χ1v) is 22.5. The second kappa shape index (κ2) is 16.0. The zero-order valence-electron chi connectivity index (χ0n) is 34.2. The Bertz CT molecular complexity index is 2970. The van der Waals surface area contributed by atoms with Crippen LogP contribution in [0.5, 0.6) is 11.5 Å². The van der Waals surface area contributed by atoms with Crippen molar-refractivity contribution in [3.05, 3.63) is 112 Å². The van der Waals surface area contributed by atoms with E-state index in [1.807, 2.05) is 42.5 Å². The van der Waals surface area contributed by atoms with Crippen molar-refractivity contribution in [2.24, 2.45) is 11.8 Å². The van der Waals surface area contributed by atoms with Gasteiger partial charge in [0, 0.05) is 69.2 Å². The van der Waals surface area contributed by atoms with Gasteiger partial charge in [-0.1, -0.05) is 0 Å². The van der Waals surface area contributed by atoms with Crippen molar-refractivity contribution in [2.45, 2.75) is 44.4 Å². The normalized spacial score (nSPS) is 20.5. The SMILES string of the molecule is N#Cc1c(NS(=O)(=O)N2CC[C@@H](F)C2)ccc(F)c1Oc1ccc2ncn(-c3ccc(N4CC(CC5CN(c6ccc7c(c6)CN([C@H]6CCC(=O)NC6=O)C7=O)C5)C4)cc3)c(=O)c2c1. The van der Waals surface area contributed by atoms with Crippen molar-refractivity contribution in [1.29, 1.82) is 5.26 Å². The first-order valence-electron chi connectivity index (χ1n) is 21.0. The van der Waals surface area contributed by atoms with E-state index in [1.165, 1.54) is 29.1 Å². The van der Waals surface area contributed by atoms with E-state index in [4.69, 9.17) is 4.74 Å². The van der Waals surface area contributed by atoms with Gasteiger partial charge in [-0.2, -0.15) is 18.0 Å². The molecule has 5 aliphatic heterocycles. The largest absolute Gasteiger partial charge is 0.453 e. The summed E-state index contributed by atoms with van der Waals surface area (Å²) in [5, 5.41) is 12.5. The van der Waals surface area contributed by atoms with E-state index in [-0.39, 0.29) is 54.6 Å². The minimum Gasteiger partial charge on any atom is -0.453 e. The molecule has 2 atom stereocenters. The maximum Gasteiger partial charge on any atom is 0.301 e. The number of nitrogens with zero attached hydrogens (tertiary/aromatic N) is 7. The number of alkyl halides is 1. The molecule has 5 aliphatic rings. The van der Waals surface area contributed by atoms with Gasteiger partial charge in [-0.15, -0.1) is 0 Å². The van der Waals surface area contributed by atoms with Crippen LogP contribution in [0, 0.1) is 29.0 Å². The van der Waals surface area contributed by atoms with Crippen LogP contribution in [0.2, 0.25) is 0 Å². The van der Waals surface area contributed by atoms with Crippen molar-refractivity contribution >= 4 is 55.9 Å². The molecule has 64 heavy (non-hydrogen) atoms. The van der Waals surface area contributed by atoms with Gasteiger partial charge in [-0.25, -0.2) is 13.8 Å². The molecule has 4 fully saturated rings. The second-order valence-electron chi connectivity index (χ2n) is 17.0. The van der Waals surface area contributed by atoms with Crippen molar-refractivity contribution in [3.8, 4) is 23.3 Å². The summed E-state index contributed by atoms with van der Waals surface area (Å²) < 4.78 is 65.0. The van der Waals surface area contributed by atoms with E-state index in [2.05, 4.69) is 24.8 Å². The number of halogens is 2. The first kappa shape index (κ1) is 41.1. The Kier molecular flexibility index (Phi) is 10.3. The molecule has 5 aromatic rings. The minimum atomic E-state index is -4.24. The maximum atomic E-state index is 15.1. The summed E-state index contributed by atoms with van der Waals surface area (Å²) in [5.74, 6) is -1.28. The standard InChI is InChI=1S/C45H41F2N9O7S/c46-29-13-14-54(24-29)64(61,62)51-39-10-8-37(47)42(36(39)18-48)63-33-6-9-38-35(17-33)45(60)56(25-49-38)31-3-1-30(2-4-31)52-19-26(20-52)15-27-21-53(22-27)32-5-7-34-28(16-32)23-55(44(34)59)40-11-12-41(57)50-43(40)58/h1-10,16-17,25-27,29,40,51H,11-15,19-24H2,(H,50,57,58)/t29-,40+/m1/s1. The molecule has 0 unspecified atom stereocenters. The van der Waals surface area contributed by atoms with E-state index < -0.39 is 51.0 Å². The minimum absolute atomic E-state index is 0.0117. The number of nitrogens with one attached hydrogen (secondary N) is 2. The molecule has 0 aliphatic carbocycles. The lowest BCUT2D eigenvalue weighted by Crippen LogP contribution is -2.53. The fourth-order valence-corrected chi connectivity index (χ4v) is 10.6. The third kappa shape index (κ3) is 7.55. The zero-order chi connectivity index (χ0) is 44.4. The van der Waals surface area contributed by atoms with Crippen molar-refractivity contribution < 1.29 is 36.3 Å². The lowest BCUT2D eigenvalue weighted by atomic mass is 9.84. The highest BCUT2D eigenvalue weighted by atomic mass is 32.2. The number of piperidine rings is 1. The molecule has 0 bridgehead atoms. The number of rotatable bonds is 11. The quantitative estimate of drug-likeness (QED) is 0.176. The van der Waals surface area contributed by atoms with Crippen LogP contribution in [0.15, 0.2) is 83.9 Å². The molecule has 0 radical (unpaired) electrons. The topological polar surface area (TPSA) is 190 Å². The van der Waals surface area contributed by atoms with Gasteiger partial charge in [-0.3, -0.25) is 33.8 Å². The van der Waals surface area contributed by atoms with Gasteiger partial charge in [0.15, 0.2) is 11.6 Å². The Morgan fingerprint density at radius 3 is 2.30 bits per heavy atom. The van der Waals surface area contributed by atoms with Gasteiger partial charge in [0.1, 0.15) is 35.9 Å². The van der Waals surface area contributed by atoms with E-state index in [0.29, 0.717) is 41.6 Å². The Balaban J connectivity index is 0.748. The molecule has 2 N–H and O–H groups in total. The molecule has 16 nitrogen and oxygen atoms in total. The van der Waals surface area contributed by atoms with Crippen LogP contribution in [0.4, 0.5) is 25.8 Å². The summed E-state index contributed by atoms with van der Waals surface area (Å²) in [6.45, 7) is 3.65. The number of amides is 3. The number of aromatic nitrogens is 2. The molecule has 4 saturated heterocycles. The first-order chi connectivity index (χ1) is 30.8. The Morgan fingerprint density at radius 1 is 0.875 bits per heavy atom. The summed E-state index contributed by atoms with van der Waals surface area (Å²) in [6.07, 6.45) is 1.81. The van der Waals surface area contributed by atoms with Crippen LogP contribution in [0.3, 0.4) is 0 Å². The molecule has 1 aromatic heterocycles. The number of hydrogen-bond acceptors (Lipinski definition) is 11. The lowest BCUT2D eigenvalue weighted by molar-refractivity contribution is -0.136. The van der Waals surface area contributed by atoms with Crippen molar-refractivity contribution in [1.82, 2.24) is 24.1 Å². The molecule has 4 aromatic carbocycles. The molecule has 0 spiro atoms. The Hall–Kier alpha value is -6.91. The number of benzene rings is 4. The summed E-state index contributed by atoms with van der Waals surface area (Å²) in [5.41, 5.74) is 3.44. The Morgan fingerprint density at radius 2 is 1.59 bits per heavy atom. The van der Waals surface area contributed by atoms with Crippen LogP contribution < -0.4 is 30.1 Å². The number of ether oxygens (including phenoxy) is 1. The third-order valence-corrected chi connectivity index (χ3v) is 14.3. The zero-order valence-corrected chi connectivity index (χ0v) is 35.1.